The van der Waals surface area contributed by atoms with Crippen molar-refractivity contribution in [3.05, 3.63) is 35.7 Å². The first-order valence-electron chi connectivity index (χ1n) is 6.44. The minimum absolute atomic E-state index is 0.668. The van der Waals surface area contributed by atoms with Gasteiger partial charge in [-0.25, -0.2) is 4.98 Å². The minimum atomic E-state index is 0.668. The smallest absolute Gasteiger partial charge is 0.211 e. The molecule has 5 nitrogen and oxygen atoms in total. The third kappa shape index (κ3) is 1.79. The Bertz CT molecular complexity index is 798. The van der Waals surface area contributed by atoms with Gasteiger partial charge in [-0.1, -0.05) is 6.07 Å². The average molecular weight is 268 g/mol. The van der Waals surface area contributed by atoms with Crippen LogP contribution < -0.4 is 5.32 Å². The summed E-state index contributed by atoms with van der Waals surface area (Å²) in [6, 6.07) is 7.79. The molecule has 2 heterocycles. The fourth-order valence-corrected chi connectivity index (χ4v) is 2.43. The van der Waals surface area contributed by atoms with Crippen molar-refractivity contribution < 1.29 is 4.79 Å². The van der Waals surface area contributed by atoms with Crippen LogP contribution in [0, 0.1) is 13.8 Å². The zero-order valence-electron chi connectivity index (χ0n) is 11.7. The van der Waals surface area contributed by atoms with E-state index in [4.69, 9.17) is 0 Å². The molecule has 2 N–H and O–H groups in total. The second kappa shape index (κ2) is 4.52. The molecule has 0 radical (unpaired) electrons. The highest BCUT2D eigenvalue weighted by atomic mass is 16.1. The Kier molecular flexibility index (Phi) is 2.82. The monoisotopic (exact) mass is 268 g/mol. The first-order valence-corrected chi connectivity index (χ1v) is 6.44. The summed E-state index contributed by atoms with van der Waals surface area (Å²) in [4.78, 5) is 18.6. The number of benzene rings is 1. The van der Waals surface area contributed by atoms with Gasteiger partial charge < -0.3 is 14.9 Å². The molecule has 3 aromatic rings. The number of carbonyl (C=O) groups excluding carboxylic acids is 1. The van der Waals surface area contributed by atoms with E-state index in [2.05, 4.69) is 39.8 Å². The van der Waals surface area contributed by atoms with E-state index in [1.54, 1.807) is 0 Å². The second-order valence-electron chi connectivity index (χ2n) is 4.89. The molecule has 0 unspecified atom stereocenters. The van der Waals surface area contributed by atoms with Gasteiger partial charge in [0.1, 0.15) is 11.3 Å². The number of amides is 1. The van der Waals surface area contributed by atoms with E-state index in [0.29, 0.717) is 12.1 Å². The van der Waals surface area contributed by atoms with Gasteiger partial charge >= 0.3 is 0 Å². The van der Waals surface area contributed by atoms with Crippen LogP contribution in [0.15, 0.2) is 24.3 Å². The van der Waals surface area contributed by atoms with E-state index in [1.807, 2.05) is 25.2 Å². The first kappa shape index (κ1) is 12.5. The SMILES string of the molecule is Cc1cc(-c2nc3c(NC=O)cccc3[nH]2)c(C)n1C. The molecule has 0 fully saturated rings. The summed E-state index contributed by atoms with van der Waals surface area (Å²) >= 11 is 0. The molecule has 5 heteroatoms. The minimum Gasteiger partial charge on any atom is -0.351 e. The Balaban J connectivity index is 2.20. The standard InChI is InChI=1S/C15H16N4O/c1-9-7-11(10(2)19(9)3)15-17-13-6-4-5-12(16-8-20)14(13)18-15/h4-8H,1-3H3,(H,16,20)(H,17,18). The topological polar surface area (TPSA) is 62.7 Å². The lowest BCUT2D eigenvalue weighted by atomic mass is 10.2. The predicted octanol–water partition coefficient (Wildman–Crippen LogP) is 2.75. The largest absolute Gasteiger partial charge is 0.351 e. The Morgan fingerprint density at radius 1 is 1.35 bits per heavy atom. The van der Waals surface area contributed by atoms with Gasteiger partial charge in [-0.3, -0.25) is 4.79 Å². The maximum absolute atomic E-state index is 10.6. The van der Waals surface area contributed by atoms with Crippen molar-refractivity contribution in [1.82, 2.24) is 14.5 Å². The Labute approximate surface area is 116 Å². The number of hydrogen-bond acceptors (Lipinski definition) is 2. The fourth-order valence-electron chi connectivity index (χ4n) is 2.43. The summed E-state index contributed by atoms with van der Waals surface area (Å²) in [5, 5.41) is 2.68. The van der Waals surface area contributed by atoms with Gasteiger partial charge in [0, 0.05) is 24.0 Å². The number of H-pyrrole nitrogens is 1. The fraction of sp³-hybridized carbons (Fsp3) is 0.200. The summed E-state index contributed by atoms with van der Waals surface area (Å²) in [7, 11) is 2.04. The van der Waals surface area contributed by atoms with Crippen LogP contribution in [0.1, 0.15) is 11.4 Å². The molecule has 0 atom stereocenters. The summed E-state index contributed by atoms with van der Waals surface area (Å²) in [5.41, 5.74) is 5.82. The molecule has 20 heavy (non-hydrogen) atoms. The van der Waals surface area contributed by atoms with Crippen LogP contribution in [0.3, 0.4) is 0 Å². The van der Waals surface area contributed by atoms with Crippen LogP contribution in [0.5, 0.6) is 0 Å². The molecule has 2 aromatic heterocycles. The van der Waals surface area contributed by atoms with Crippen LogP contribution in [0.2, 0.25) is 0 Å². The molecular formula is C15H16N4O. The quantitative estimate of drug-likeness (QED) is 0.717. The lowest BCUT2D eigenvalue weighted by Crippen LogP contribution is -1.94. The highest BCUT2D eigenvalue weighted by molar-refractivity contribution is 5.94. The number of para-hydroxylation sites is 1. The van der Waals surface area contributed by atoms with Gasteiger partial charge in [0.25, 0.3) is 0 Å². The molecule has 102 valence electrons. The van der Waals surface area contributed by atoms with Crippen molar-refractivity contribution in [1.29, 1.82) is 0 Å². The van der Waals surface area contributed by atoms with Crippen LogP contribution in [0.4, 0.5) is 5.69 Å². The lowest BCUT2D eigenvalue weighted by molar-refractivity contribution is -0.105. The molecule has 3 rings (SSSR count). The number of aryl methyl sites for hydroxylation is 1. The number of carbonyl (C=O) groups is 1. The van der Waals surface area contributed by atoms with Crippen molar-refractivity contribution in [3.8, 4) is 11.4 Å². The lowest BCUT2D eigenvalue weighted by Gasteiger charge is -1.99. The van der Waals surface area contributed by atoms with Crippen molar-refractivity contribution in [2.24, 2.45) is 7.05 Å². The Hall–Kier alpha value is -2.56. The van der Waals surface area contributed by atoms with Crippen LogP contribution in [-0.2, 0) is 11.8 Å². The van der Waals surface area contributed by atoms with Gasteiger partial charge in [-0.05, 0) is 32.0 Å². The number of nitrogens with zero attached hydrogens (tertiary/aromatic N) is 2. The molecule has 0 aliphatic rings. The molecule has 0 bridgehead atoms. The molecule has 1 aromatic carbocycles. The highest BCUT2D eigenvalue weighted by Crippen LogP contribution is 2.28. The number of imidazole rings is 1. The maximum atomic E-state index is 10.6. The van der Waals surface area contributed by atoms with Crippen LogP contribution in [0.25, 0.3) is 22.4 Å². The van der Waals surface area contributed by atoms with E-state index < -0.39 is 0 Å². The maximum Gasteiger partial charge on any atom is 0.211 e. The van der Waals surface area contributed by atoms with Gasteiger partial charge in [0.2, 0.25) is 6.41 Å². The molecule has 0 aliphatic heterocycles. The number of fused-ring (bicyclic) bond motifs is 1. The molecule has 1 amide bonds. The third-order valence-corrected chi connectivity index (χ3v) is 3.76. The van der Waals surface area contributed by atoms with Gasteiger partial charge in [-0.15, -0.1) is 0 Å². The van der Waals surface area contributed by atoms with Crippen LogP contribution in [-0.4, -0.2) is 20.9 Å². The zero-order chi connectivity index (χ0) is 14.3. The summed E-state index contributed by atoms with van der Waals surface area (Å²) < 4.78 is 2.13. The number of aromatic nitrogens is 3. The highest BCUT2D eigenvalue weighted by Gasteiger charge is 2.13. The number of aromatic amines is 1. The average Bonchev–Trinajstić information content (AvgIpc) is 2.97. The molecule has 0 aliphatic carbocycles. The van der Waals surface area contributed by atoms with Gasteiger partial charge in [0.15, 0.2) is 0 Å². The zero-order valence-corrected chi connectivity index (χ0v) is 11.7. The van der Waals surface area contributed by atoms with Crippen molar-refractivity contribution in [3.63, 3.8) is 0 Å². The first-order chi connectivity index (χ1) is 9.61. The summed E-state index contributed by atoms with van der Waals surface area (Å²) in [6.45, 7) is 4.14. The van der Waals surface area contributed by atoms with E-state index in [9.17, 15) is 4.79 Å². The van der Waals surface area contributed by atoms with Crippen LogP contribution >= 0.6 is 0 Å². The summed E-state index contributed by atoms with van der Waals surface area (Å²) in [5.74, 6) is 0.821. The van der Waals surface area contributed by atoms with Crippen molar-refractivity contribution in [2.45, 2.75) is 13.8 Å². The Morgan fingerprint density at radius 2 is 2.15 bits per heavy atom. The molecule has 0 spiro atoms. The third-order valence-electron chi connectivity index (χ3n) is 3.76. The van der Waals surface area contributed by atoms with E-state index >= 15 is 0 Å². The number of anilines is 1. The predicted molar refractivity (Wildman–Crippen MR) is 79.7 cm³/mol. The summed E-state index contributed by atoms with van der Waals surface area (Å²) in [6.07, 6.45) is 0.668. The number of rotatable bonds is 3. The van der Waals surface area contributed by atoms with Gasteiger partial charge in [0.05, 0.1) is 11.2 Å². The van der Waals surface area contributed by atoms with E-state index in [1.165, 1.54) is 5.69 Å². The van der Waals surface area contributed by atoms with Crippen molar-refractivity contribution in [2.75, 3.05) is 5.32 Å². The number of nitrogens with one attached hydrogen (secondary N) is 2. The molecule has 0 saturated carbocycles. The van der Waals surface area contributed by atoms with Gasteiger partial charge in [-0.2, -0.15) is 0 Å². The molecular weight excluding hydrogens is 252 g/mol. The van der Waals surface area contributed by atoms with E-state index in [0.717, 1.165) is 28.1 Å². The van der Waals surface area contributed by atoms with Crippen molar-refractivity contribution >= 4 is 23.1 Å². The number of hydrogen-bond donors (Lipinski definition) is 2. The normalized spacial score (nSPS) is 10.9. The Morgan fingerprint density at radius 3 is 2.80 bits per heavy atom. The molecule has 0 saturated heterocycles. The van der Waals surface area contributed by atoms with E-state index in [-0.39, 0.29) is 0 Å². The second-order valence-corrected chi connectivity index (χ2v) is 4.89.